The maximum atomic E-state index is 10.5. The SMILES string of the molecule is CN1CC(C)(C)C(O)N(c2cc(C(C)(C)C)on2)C1O. The number of nitrogens with zero attached hydrogens (tertiary/aromatic N) is 3. The molecule has 2 atom stereocenters. The molecular weight excluding hydrogens is 258 g/mol. The zero-order valence-electron chi connectivity index (χ0n) is 13.1. The normalized spacial score (nSPS) is 27.9. The molecule has 0 aliphatic carbocycles. The smallest absolute Gasteiger partial charge is 0.189 e. The Balaban J connectivity index is 2.36. The maximum absolute atomic E-state index is 10.5. The number of aliphatic hydroxyl groups is 2. The third kappa shape index (κ3) is 2.55. The Morgan fingerprint density at radius 3 is 2.45 bits per heavy atom. The molecular formula is C14H25N3O3. The molecule has 2 rings (SSSR count). The van der Waals surface area contributed by atoms with Crippen LogP contribution in [0.4, 0.5) is 5.82 Å². The highest BCUT2D eigenvalue weighted by atomic mass is 16.5. The van der Waals surface area contributed by atoms with E-state index in [0.29, 0.717) is 12.4 Å². The zero-order valence-corrected chi connectivity index (χ0v) is 13.1. The number of hydrogen-bond donors (Lipinski definition) is 2. The summed E-state index contributed by atoms with van der Waals surface area (Å²) in [5.74, 6) is 1.17. The molecule has 0 amide bonds. The van der Waals surface area contributed by atoms with E-state index >= 15 is 0 Å². The molecule has 1 fully saturated rings. The first-order valence-corrected chi connectivity index (χ1v) is 6.86. The van der Waals surface area contributed by atoms with Crippen LogP contribution in [0.1, 0.15) is 40.4 Å². The van der Waals surface area contributed by atoms with Gasteiger partial charge < -0.3 is 14.7 Å². The van der Waals surface area contributed by atoms with E-state index in [9.17, 15) is 10.2 Å². The number of anilines is 1. The monoisotopic (exact) mass is 283 g/mol. The van der Waals surface area contributed by atoms with Gasteiger partial charge in [0.2, 0.25) is 0 Å². The molecule has 114 valence electrons. The molecule has 0 radical (unpaired) electrons. The van der Waals surface area contributed by atoms with Crippen molar-refractivity contribution in [3.05, 3.63) is 11.8 Å². The van der Waals surface area contributed by atoms with Gasteiger partial charge in [0.05, 0.1) is 0 Å². The molecule has 1 aromatic heterocycles. The molecule has 0 saturated carbocycles. The van der Waals surface area contributed by atoms with Crippen molar-refractivity contribution in [1.29, 1.82) is 0 Å². The Morgan fingerprint density at radius 2 is 1.95 bits per heavy atom. The van der Waals surface area contributed by atoms with Crippen molar-refractivity contribution < 1.29 is 14.7 Å². The average molecular weight is 283 g/mol. The molecule has 6 nitrogen and oxygen atoms in total. The van der Waals surface area contributed by atoms with E-state index in [0.717, 1.165) is 5.76 Å². The quantitative estimate of drug-likeness (QED) is 0.810. The molecule has 1 aromatic rings. The van der Waals surface area contributed by atoms with Crippen LogP contribution in [0.3, 0.4) is 0 Å². The molecule has 20 heavy (non-hydrogen) atoms. The number of rotatable bonds is 1. The summed E-state index contributed by atoms with van der Waals surface area (Å²) >= 11 is 0. The minimum atomic E-state index is -0.920. The predicted molar refractivity (Wildman–Crippen MR) is 76.1 cm³/mol. The van der Waals surface area contributed by atoms with Crippen LogP contribution in [0.5, 0.6) is 0 Å². The van der Waals surface area contributed by atoms with Crippen molar-refractivity contribution in [2.75, 3.05) is 18.5 Å². The van der Waals surface area contributed by atoms with Gasteiger partial charge in [-0.25, -0.2) is 0 Å². The maximum Gasteiger partial charge on any atom is 0.189 e. The van der Waals surface area contributed by atoms with E-state index in [1.807, 2.05) is 41.7 Å². The summed E-state index contributed by atoms with van der Waals surface area (Å²) in [5, 5.41) is 24.8. The van der Waals surface area contributed by atoms with Crippen molar-refractivity contribution in [2.45, 2.75) is 52.6 Å². The Bertz CT molecular complexity index is 478. The third-order valence-electron chi connectivity index (χ3n) is 3.76. The molecule has 0 aromatic carbocycles. The third-order valence-corrected chi connectivity index (χ3v) is 3.76. The molecule has 2 heterocycles. The highest BCUT2D eigenvalue weighted by Gasteiger charge is 2.45. The molecule has 6 heteroatoms. The lowest BCUT2D eigenvalue weighted by Crippen LogP contribution is -2.64. The minimum absolute atomic E-state index is 0.168. The summed E-state index contributed by atoms with van der Waals surface area (Å²) in [6, 6.07) is 1.78. The van der Waals surface area contributed by atoms with Crippen molar-refractivity contribution >= 4 is 5.82 Å². The van der Waals surface area contributed by atoms with E-state index in [1.165, 1.54) is 4.90 Å². The van der Waals surface area contributed by atoms with Gasteiger partial charge in [-0.2, -0.15) is 0 Å². The first-order valence-electron chi connectivity index (χ1n) is 6.86. The molecule has 1 saturated heterocycles. The summed E-state index contributed by atoms with van der Waals surface area (Å²) in [7, 11) is 1.82. The van der Waals surface area contributed by atoms with Gasteiger partial charge in [-0.05, 0) is 7.05 Å². The Kier molecular flexibility index (Phi) is 3.60. The van der Waals surface area contributed by atoms with Crippen molar-refractivity contribution in [1.82, 2.24) is 10.1 Å². The largest absolute Gasteiger partial charge is 0.373 e. The minimum Gasteiger partial charge on any atom is -0.373 e. The van der Waals surface area contributed by atoms with Crippen LogP contribution in [0, 0.1) is 5.41 Å². The topological polar surface area (TPSA) is 73.0 Å². The van der Waals surface area contributed by atoms with Crippen LogP contribution in [-0.4, -0.2) is 46.4 Å². The molecule has 1 aliphatic rings. The van der Waals surface area contributed by atoms with Crippen molar-refractivity contribution in [2.24, 2.45) is 5.41 Å². The second kappa shape index (κ2) is 4.72. The van der Waals surface area contributed by atoms with E-state index in [1.54, 1.807) is 11.0 Å². The van der Waals surface area contributed by atoms with Gasteiger partial charge in [-0.1, -0.05) is 39.8 Å². The standard InChI is InChI=1S/C14H25N3O3/c1-13(2,3)9-7-10(15-20-9)17-11(18)14(4,5)8-16(6)12(17)19/h7,11-12,18-19H,8H2,1-6H3. The highest BCUT2D eigenvalue weighted by Crippen LogP contribution is 2.36. The second-order valence-electron chi connectivity index (χ2n) is 7.33. The van der Waals surface area contributed by atoms with E-state index in [2.05, 4.69) is 5.16 Å². The average Bonchev–Trinajstić information content (AvgIpc) is 2.75. The van der Waals surface area contributed by atoms with Crippen molar-refractivity contribution in [3.8, 4) is 0 Å². The van der Waals surface area contributed by atoms with E-state index in [-0.39, 0.29) is 10.8 Å². The van der Waals surface area contributed by atoms with Gasteiger partial charge in [-0.15, -0.1) is 0 Å². The fraction of sp³-hybridized carbons (Fsp3) is 0.786. The summed E-state index contributed by atoms with van der Waals surface area (Å²) in [6.07, 6.45) is -1.75. The Hall–Kier alpha value is -1.11. The fourth-order valence-electron chi connectivity index (χ4n) is 2.51. The highest BCUT2D eigenvalue weighted by molar-refractivity contribution is 5.42. The molecule has 1 aliphatic heterocycles. The summed E-state index contributed by atoms with van der Waals surface area (Å²) < 4.78 is 5.35. The van der Waals surface area contributed by atoms with Crippen LogP contribution in [0.2, 0.25) is 0 Å². The first kappa shape index (κ1) is 15.3. The lowest BCUT2D eigenvalue weighted by molar-refractivity contribution is -0.109. The van der Waals surface area contributed by atoms with Crippen LogP contribution >= 0.6 is 0 Å². The van der Waals surface area contributed by atoms with Crippen molar-refractivity contribution in [3.63, 3.8) is 0 Å². The summed E-state index contributed by atoms with van der Waals surface area (Å²) in [4.78, 5) is 3.26. The first-order chi connectivity index (χ1) is 9.04. The van der Waals surface area contributed by atoms with Gasteiger partial charge in [-0.3, -0.25) is 9.80 Å². The summed E-state index contributed by atoms with van der Waals surface area (Å²) in [5.41, 5.74) is -0.548. The van der Waals surface area contributed by atoms with Gasteiger partial charge >= 0.3 is 0 Å². The lowest BCUT2D eigenvalue weighted by atomic mass is 9.87. The molecule has 2 unspecified atom stereocenters. The van der Waals surface area contributed by atoms with Gasteiger partial charge in [0.25, 0.3) is 0 Å². The van der Waals surface area contributed by atoms with Gasteiger partial charge in [0.1, 0.15) is 12.0 Å². The molecule has 2 N–H and O–H groups in total. The van der Waals surface area contributed by atoms with E-state index in [4.69, 9.17) is 4.52 Å². The Morgan fingerprint density at radius 1 is 1.35 bits per heavy atom. The Labute approximate surface area is 120 Å². The summed E-state index contributed by atoms with van der Waals surface area (Å²) in [6.45, 7) is 10.6. The van der Waals surface area contributed by atoms with Crippen LogP contribution in [0.15, 0.2) is 10.6 Å². The van der Waals surface area contributed by atoms with Crippen LogP contribution in [0.25, 0.3) is 0 Å². The lowest BCUT2D eigenvalue weighted by Gasteiger charge is -2.50. The predicted octanol–water partition coefficient (Wildman–Crippen LogP) is 1.34. The van der Waals surface area contributed by atoms with Crippen LogP contribution in [-0.2, 0) is 5.41 Å². The van der Waals surface area contributed by atoms with Gasteiger partial charge in [0.15, 0.2) is 12.2 Å². The molecule has 0 bridgehead atoms. The zero-order chi connectivity index (χ0) is 15.3. The second-order valence-corrected chi connectivity index (χ2v) is 7.33. The number of hydrogen-bond acceptors (Lipinski definition) is 6. The fourth-order valence-corrected chi connectivity index (χ4v) is 2.51. The van der Waals surface area contributed by atoms with Gasteiger partial charge in [0, 0.05) is 23.4 Å². The van der Waals surface area contributed by atoms with Crippen LogP contribution < -0.4 is 4.90 Å². The number of aliphatic hydroxyl groups excluding tert-OH is 2. The molecule has 0 spiro atoms. The number of aromatic nitrogens is 1. The van der Waals surface area contributed by atoms with E-state index < -0.39 is 12.6 Å².